The van der Waals surface area contributed by atoms with Crippen LogP contribution in [0.15, 0.2) is 103 Å². The van der Waals surface area contributed by atoms with Crippen molar-refractivity contribution in [3.8, 4) is 0 Å². The van der Waals surface area contributed by atoms with Crippen molar-refractivity contribution in [3.05, 3.63) is 142 Å². The van der Waals surface area contributed by atoms with E-state index in [0.717, 1.165) is 5.02 Å². The molecule has 5 rings (SSSR count). The fourth-order valence-electron chi connectivity index (χ4n) is 4.67. The number of aromatic amines is 1. The van der Waals surface area contributed by atoms with Crippen LogP contribution in [0.25, 0.3) is 10.9 Å². The fraction of sp³-hybridized carbons (Fsp3) is 0.350. The van der Waals surface area contributed by atoms with E-state index in [1.54, 1.807) is 0 Å². The molecule has 0 spiro atoms. The van der Waals surface area contributed by atoms with Gasteiger partial charge in [0, 0.05) is 22.1 Å². The average Bonchev–Trinajstić information content (AvgIpc) is 3.41. The molecule has 0 atom stereocenters. The molecule has 0 aliphatic rings. The number of halogens is 1. The van der Waals surface area contributed by atoms with E-state index in [4.69, 9.17) is 11.6 Å². The summed E-state index contributed by atoms with van der Waals surface area (Å²) in [7, 11) is 0. The summed E-state index contributed by atoms with van der Waals surface area (Å²) in [5.41, 5.74) is 9.68. The number of para-hydroxylation sites is 1. The lowest BCUT2D eigenvalue weighted by molar-refractivity contribution is 0.854. The average molecular weight is 582 g/mol. The molecule has 0 bridgehead atoms. The van der Waals surface area contributed by atoms with Gasteiger partial charge in [-0.15, -0.1) is 0 Å². The highest BCUT2D eigenvalue weighted by molar-refractivity contribution is 6.30. The fourth-order valence-corrected chi connectivity index (χ4v) is 4.87. The maximum atomic E-state index is 5.79. The highest BCUT2D eigenvalue weighted by Gasteiger charge is 2.05. The molecule has 1 aromatic heterocycles. The van der Waals surface area contributed by atoms with Gasteiger partial charge in [0.1, 0.15) is 0 Å². The Morgan fingerprint density at radius 2 is 1.07 bits per heavy atom. The maximum Gasteiger partial charge on any atom is 0.0456 e. The van der Waals surface area contributed by atoms with E-state index in [1.165, 1.54) is 44.3 Å². The van der Waals surface area contributed by atoms with Gasteiger partial charge in [-0.1, -0.05) is 146 Å². The van der Waals surface area contributed by atoms with Crippen molar-refractivity contribution in [2.45, 2.75) is 92.9 Å². The number of aryl methyl sites for hydroxylation is 1. The standard InChI is InChI=1S/C11H13N.C11H16.C9H11Cl.C9H12/c1-8(2)10-7-12-11-6-4-3-5-9(10)11;1-8(2)11-7-5-6-9(3)10(11)4;1-7(2)8-4-3-5-9(10)6-8;1-8(2)9-6-4-3-5-7-9/h3-8,12H,1-2H3;5-8H,1-4H3;3-7H,1-2H3;3-8H,1-2H3. The van der Waals surface area contributed by atoms with Crippen LogP contribution < -0.4 is 0 Å². The van der Waals surface area contributed by atoms with Crippen LogP contribution in [0.1, 0.15) is 112 Å². The van der Waals surface area contributed by atoms with Crippen molar-refractivity contribution in [1.29, 1.82) is 0 Å². The quantitative estimate of drug-likeness (QED) is 0.217. The Bertz CT molecular complexity index is 1460. The summed E-state index contributed by atoms with van der Waals surface area (Å²) in [6.07, 6.45) is 2.11. The Kier molecular flexibility index (Phi) is 14.6. The van der Waals surface area contributed by atoms with Gasteiger partial charge in [-0.3, -0.25) is 0 Å². The summed E-state index contributed by atoms with van der Waals surface area (Å²) < 4.78 is 0. The Labute approximate surface area is 261 Å². The number of hydrogen-bond acceptors (Lipinski definition) is 0. The molecule has 1 heterocycles. The lowest BCUT2D eigenvalue weighted by atomic mass is 9.95. The number of H-pyrrole nitrogens is 1. The molecule has 1 nitrogen and oxygen atoms in total. The van der Waals surface area contributed by atoms with E-state index in [1.807, 2.05) is 24.3 Å². The van der Waals surface area contributed by atoms with Gasteiger partial charge in [0.2, 0.25) is 0 Å². The molecule has 0 saturated heterocycles. The molecule has 42 heavy (non-hydrogen) atoms. The van der Waals surface area contributed by atoms with Crippen LogP contribution >= 0.6 is 11.6 Å². The van der Waals surface area contributed by atoms with Crippen molar-refractivity contribution in [2.75, 3.05) is 0 Å². The second-order valence-electron chi connectivity index (χ2n) is 12.2. The molecule has 1 N–H and O–H groups in total. The molecule has 0 fully saturated rings. The van der Waals surface area contributed by atoms with Gasteiger partial charge < -0.3 is 4.98 Å². The van der Waals surface area contributed by atoms with E-state index in [9.17, 15) is 0 Å². The van der Waals surface area contributed by atoms with Crippen LogP contribution in [0.3, 0.4) is 0 Å². The largest absolute Gasteiger partial charge is 0.361 e. The van der Waals surface area contributed by atoms with Crippen LogP contribution in [0.5, 0.6) is 0 Å². The lowest BCUT2D eigenvalue weighted by Gasteiger charge is -2.10. The number of aromatic nitrogens is 1. The Hall–Kier alpha value is -3.29. The third kappa shape index (κ3) is 11.2. The molecular formula is C40H52ClN. The van der Waals surface area contributed by atoms with Gasteiger partial charge in [0.25, 0.3) is 0 Å². The first-order valence-electron chi connectivity index (χ1n) is 15.3. The maximum absolute atomic E-state index is 5.79. The number of benzene rings is 4. The van der Waals surface area contributed by atoms with Crippen molar-refractivity contribution in [1.82, 2.24) is 4.98 Å². The van der Waals surface area contributed by atoms with Crippen molar-refractivity contribution >= 4 is 22.5 Å². The van der Waals surface area contributed by atoms with Gasteiger partial charge in [-0.05, 0) is 89.1 Å². The Morgan fingerprint density at radius 3 is 1.57 bits per heavy atom. The van der Waals surface area contributed by atoms with E-state index in [2.05, 4.69) is 153 Å². The van der Waals surface area contributed by atoms with Crippen LogP contribution in [0.4, 0.5) is 0 Å². The predicted octanol–water partition coefficient (Wildman–Crippen LogP) is 13.0. The molecule has 4 aromatic carbocycles. The predicted molar refractivity (Wildman–Crippen MR) is 188 cm³/mol. The van der Waals surface area contributed by atoms with Crippen molar-refractivity contribution < 1.29 is 0 Å². The molecule has 0 unspecified atom stereocenters. The highest BCUT2D eigenvalue weighted by atomic mass is 35.5. The number of hydrogen-bond donors (Lipinski definition) is 1. The SMILES string of the molecule is CC(C)c1c[nH]c2ccccc12.CC(C)c1cccc(Cl)c1.CC(C)c1ccccc1.Cc1cccc(C(C)C)c1C. The van der Waals surface area contributed by atoms with Crippen molar-refractivity contribution in [3.63, 3.8) is 0 Å². The zero-order chi connectivity index (χ0) is 31.2. The molecule has 0 saturated carbocycles. The minimum atomic E-state index is 0.568. The van der Waals surface area contributed by atoms with Crippen LogP contribution in [-0.4, -0.2) is 4.98 Å². The zero-order valence-electron chi connectivity index (χ0n) is 27.5. The first kappa shape index (κ1) is 34.9. The number of fused-ring (bicyclic) bond motifs is 1. The molecule has 0 amide bonds. The van der Waals surface area contributed by atoms with Crippen LogP contribution in [0.2, 0.25) is 5.02 Å². The molecule has 0 radical (unpaired) electrons. The molecule has 5 aromatic rings. The second-order valence-corrected chi connectivity index (χ2v) is 12.6. The van der Waals surface area contributed by atoms with Crippen molar-refractivity contribution in [2.24, 2.45) is 0 Å². The monoisotopic (exact) mass is 581 g/mol. The van der Waals surface area contributed by atoms with Crippen LogP contribution in [-0.2, 0) is 0 Å². The van der Waals surface area contributed by atoms with Crippen LogP contribution in [0, 0.1) is 13.8 Å². The molecule has 224 valence electrons. The third-order valence-corrected chi connectivity index (χ3v) is 7.73. The summed E-state index contributed by atoms with van der Waals surface area (Å²) in [4.78, 5) is 3.27. The number of rotatable bonds is 4. The van der Waals surface area contributed by atoms with Gasteiger partial charge >= 0.3 is 0 Å². The molecule has 0 aliphatic carbocycles. The zero-order valence-corrected chi connectivity index (χ0v) is 28.3. The summed E-state index contributed by atoms with van der Waals surface area (Å²) in [5.74, 6) is 2.47. The summed E-state index contributed by atoms with van der Waals surface area (Å²) in [6.45, 7) is 22.0. The summed E-state index contributed by atoms with van der Waals surface area (Å²) >= 11 is 5.79. The summed E-state index contributed by atoms with van der Waals surface area (Å²) in [5, 5.41) is 2.18. The minimum Gasteiger partial charge on any atom is -0.361 e. The molecule has 2 heteroatoms. The number of nitrogens with one attached hydrogen (secondary N) is 1. The van der Waals surface area contributed by atoms with Gasteiger partial charge in [0.05, 0.1) is 0 Å². The Morgan fingerprint density at radius 1 is 0.524 bits per heavy atom. The second kappa shape index (κ2) is 17.6. The first-order chi connectivity index (χ1) is 19.9. The smallest absolute Gasteiger partial charge is 0.0456 e. The lowest BCUT2D eigenvalue weighted by Crippen LogP contribution is -1.93. The summed E-state index contributed by atoms with van der Waals surface area (Å²) in [6, 6.07) is 33.4. The van der Waals surface area contributed by atoms with Gasteiger partial charge in [-0.25, -0.2) is 0 Å². The van der Waals surface area contributed by atoms with E-state index < -0.39 is 0 Å². The normalized spacial score (nSPS) is 10.6. The molecule has 0 aliphatic heterocycles. The van der Waals surface area contributed by atoms with E-state index in [-0.39, 0.29) is 0 Å². The third-order valence-electron chi connectivity index (χ3n) is 7.49. The molecular weight excluding hydrogens is 530 g/mol. The first-order valence-corrected chi connectivity index (χ1v) is 15.7. The Balaban J connectivity index is 0.000000197. The van der Waals surface area contributed by atoms with E-state index in [0.29, 0.717) is 23.7 Å². The van der Waals surface area contributed by atoms with Gasteiger partial charge in [-0.2, -0.15) is 0 Å². The minimum absolute atomic E-state index is 0.568. The highest BCUT2D eigenvalue weighted by Crippen LogP contribution is 2.24. The topological polar surface area (TPSA) is 15.8 Å². The van der Waals surface area contributed by atoms with E-state index >= 15 is 0 Å². The van der Waals surface area contributed by atoms with Gasteiger partial charge in [0.15, 0.2) is 0 Å².